The molecule has 0 aromatic carbocycles. The Labute approximate surface area is 216 Å². The van der Waals surface area contributed by atoms with Crippen molar-refractivity contribution in [2.45, 2.75) is 40.5 Å². The summed E-state index contributed by atoms with van der Waals surface area (Å²) in [4.78, 5) is 35.3. The maximum atomic E-state index is 12.5. The van der Waals surface area contributed by atoms with Crippen molar-refractivity contribution in [3.05, 3.63) is 44.1 Å². The Balaban J connectivity index is 1.82. The molecule has 0 aliphatic carbocycles. The van der Waals surface area contributed by atoms with Crippen molar-refractivity contribution in [1.29, 1.82) is 0 Å². The number of anilines is 2. The van der Waals surface area contributed by atoms with E-state index in [4.69, 9.17) is 20.9 Å². The van der Waals surface area contributed by atoms with Gasteiger partial charge in [0.05, 0.1) is 39.1 Å². The first kappa shape index (κ1) is 26.6. The van der Waals surface area contributed by atoms with Gasteiger partial charge in [0.2, 0.25) is 0 Å². The van der Waals surface area contributed by atoms with Crippen molar-refractivity contribution in [2.24, 2.45) is 9.98 Å². The molecule has 3 rings (SSSR count). The summed E-state index contributed by atoms with van der Waals surface area (Å²) in [6, 6.07) is 3.71. The largest absolute Gasteiger partial charge is 0.462 e. The number of hydrogen-bond acceptors (Lipinski definition) is 11. The molecule has 0 amide bonds. The number of esters is 2. The van der Waals surface area contributed by atoms with E-state index in [1.165, 1.54) is 34.0 Å². The number of nitrogens with two attached hydrogens (primary N) is 2. The number of thiophene rings is 3. The Bertz CT molecular complexity index is 1270. The quantitative estimate of drug-likeness (QED) is 0.243. The van der Waals surface area contributed by atoms with Crippen LogP contribution < -0.4 is 11.5 Å². The van der Waals surface area contributed by atoms with Crippen LogP contribution in [0.3, 0.4) is 0 Å². The molecule has 0 atom stereocenters. The first-order valence-electron chi connectivity index (χ1n) is 11.2. The van der Waals surface area contributed by atoms with E-state index >= 15 is 0 Å². The van der Waals surface area contributed by atoms with Gasteiger partial charge in [0.1, 0.15) is 15.0 Å². The average molecular weight is 533 g/mol. The molecule has 0 spiro atoms. The Morgan fingerprint density at radius 2 is 1.29 bits per heavy atom. The summed E-state index contributed by atoms with van der Waals surface area (Å²) in [5.74, 6) is -0.799. The number of aliphatic imine (C=N–C) groups is 2. The van der Waals surface area contributed by atoms with E-state index < -0.39 is 5.97 Å². The number of carbonyl (C=O) groups is 2. The molecule has 3 aromatic heterocycles. The third kappa shape index (κ3) is 5.98. The van der Waals surface area contributed by atoms with Gasteiger partial charge in [-0.1, -0.05) is 25.2 Å². The second kappa shape index (κ2) is 12.1. The van der Waals surface area contributed by atoms with Crippen LogP contribution in [0.25, 0.3) is 0 Å². The van der Waals surface area contributed by atoms with Crippen LogP contribution in [0.1, 0.15) is 69.3 Å². The van der Waals surface area contributed by atoms with E-state index in [0.29, 0.717) is 38.8 Å². The first-order valence-corrected chi connectivity index (χ1v) is 13.6. The molecular weight excluding hydrogens is 504 g/mol. The number of hydrogen-bond donors (Lipinski definition) is 2. The van der Waals surface area contributed by atoms with E-state index in [9.17, 15) is 9.59 Å². The Kier molecular flexibility index (Phi) is 9.19. The van der Waals surface area contributed by atoms with E-state index in [2.05, 4.69) is 9.98 Å². The van der Waals surface area contributed by atoms with Gasteiger partial charge in [0.15, 0.2) is 0 Å². The van der Waals surface area contributed by atoms with Gasteiger partial charge in [-0.25, -0.2) is 19.6 Å². The summed E-state index contributed by atoms with van der Waals surface area (Å²) in [7, 11) is 0. The molecule has 0 radical (unpaired) electrons. The third-order valence-corrected chi connectivity index (χ3v) is 7.89. The van der Waals surface area contributed by atoms with Crippen LogP contribution in [0, 0.1) is 0 Å². The molecular formula is C24H28N4O4S3. The van der Waals surface area contributed by atoms with Crippen LogP contribution in [0.2, 0.25) is 0 Å². The molecule has 4 N–H and O–H groups in total. The molecule has 0 unspecified atom stereocenters. The standard InChI is InChI=1S/C24H28N4O4S3/c1-5-13-15(33-22(26)20(13)24(30)32-8-4)11-27-17-9-10-18(35-17)28-12-16-19(23(29)31-7-3)14(6-2)21(25)34-16/h9-12H,5-8,25-26H2,1-4H3. The zero-order chi connectivity index (χ0) is 25.5. The van der Waals surface area contributed by atoms with Gasteiger partial charge in [0, 0.05) is 18.0 Å². The number of rotatable bonds is 10. The fraction of sp³-hybridized carbons (Fsp3) is 0.333. The van der Waals surface area contributed by atoms with E-state index in [1.54, 1.807) is 26.3 Å². The minimum absolute atomic E-state index is 0.289. The summed E-state index contributed by atoms with van der Waals surface area (Å²) in [6.07, 6.45) is 4.63. The number of nitrogens with zero attached hydrogens (tertiary/aromatic N) is 2. The fourth-order valence-corrected chi connectivity index (χ4v) is 6.20. The van der Waals surface area contributed by atoms with Gasteiger partial charge >= 0.3 is 11.9 Å². The van der Waals surface area contributed by atoms with Gasteiger partial charge in [0.25, 0.3) is 0 Å². The zero-order valence-corrected chi connectivity index (χ0v) is 22.5. The zero-order valence-electron chi connectivity index (χ0n) is 20.0. The molecule has 8 nitrogen and oxygen atoms in total. The normalized spacial score (nSPS) is 11.5. The maximum absolute atomic E-state index is 12.5. The van der Waals surface area contributed by atoms with Gasteiger partial charge in [-0.15, -0.1) is 22.7 Å². The molecule has 0 saturated carbocycles. The predicted molar refractivity (Wildman–Crippen MR) is 147 cm³/mol. The lowest BCUT2D eigenvalue weighted by Crippen LogP contribution is -2.08. The minimum atomic E-state index is -0.409. The Morgan fingerprint density at radius 3 is 1.83 bits per heavy atom. The van der Waals surface area contributed by atoms with Gasteiger partial charge in [-0.3, -0.25) is 0 Å². The van der Waals surface area contributed by atoms with Crippen molar-refractivity contribution < 1.29 is 19.1 Å². The van der Waals surface area contributed by atoms with Crippen LogP contribution >= 0.6 is 34.0 Å². The molecule has 3 heterocycles. The SMILES string of the molecule is CCOC(=O)c1c(N)sc(C=Nc2ccc(N=Cc3sc(N)c(CC)c3C(=O)OCC)s2)c1CC. The highest BCUT2D eigenvalue weighted by molar-refractivity contribution is 7.20. The van der Waals surface area contributed by atoms with E-state index in [0.717, 1.165) is 26.0 Å². The lowest BCUT2D eigenvalue weighted by Gasteiger charge is -2.04. The lowest BCUT2D eigenvalue weighted by molar-refractivity contribution is 0.0516. The van der Waals surface area contributed by atoms with Crippen LogP contribution in [0.4, 0.5) is 20.0 Å². The monoisotopic (exact) mass is 532 g/mol. The van der Waals surface area contributed by atoms with Crippen molar-refractivity contribution in [2.75, 3.05) is 24.7 Å². The second-order valence-electron chi connectivity index (χ2n) is 7.14. The van der Waals surface area contributed by atoms with Gasteiger partial charge < -0.3 is 20.9 Å². The second-order valence-corrected chi connectivity index (χ2v) is 10.4. The molecule has 0 aliphatic rings. The van der Waals surface area contributed by atoms with Crippen molar-refractivity contribution >= 4 is 78.4 Å². The molecule has 3 aromatic rings. The molecule has 0 aliphatic heterocycles. The minimum Gasteiger partial charge on any atom is -0.462 e. The van der Waals surface area contributed by atoms with Crippen molar-refractivity contribution in [3.8, 4) is 0 Å². The smallest absolute Gasteiger partial charge is 0.341 e. The highest BCUT2D eigenvalue weighted by atomic mass is 32.1. The highest BCUT2D eigenvalue weighted by Gasteiger charge is 2.22. The van der Waals surface area contributed by atoms with Crippen LogP contribution in [-0.4, -0.2) is 37.6 Å². The summed E-state index contributed by atoms with van der Waals surface area (Å²) in [6.45, 7) is 8.03. The molecule has 186 valence electrons. The summed E-state index contributed by atoms with van der Waals surface area (Å²) in [5.41, 5.74) is 14.7. The van der Waals surface area contributed by atoms with E-state index in [1.807, 2.05) is 26.0 Å². The molecule has 35 heavy (non-hydrogen) atoms. The Hall–Kier alpha value is -3.02. The summed E-state index contributed by atoms with van der Waals surface area (Å²) < 4.78 is 10.3. The number of carbonyl (C=O) groups excluding carboxylic acids is 2. The topological polar surface area (TPSA) is 129 Å². The third-order valence-electron chi connectivity index (χ3n) is 4.99. The van der Waals surface area contributed by atoms with Crippen LogP contribution in [0.15, 0.2) is 22.1 Å². The van der Waals surface area contributed by atoms with Gasteiger partial charge in [-0.2, -0.15) is 0 Å². The molecule has 11 heteroatoms. The first-order chi connectivity index (χ1) is 16.8. The molecule has 0 fully saturated rings. The van der Waals surface area contributed by atoms with Crippen LogP contribution in [-0.2, 0) is 22.3 Å². The van der Waals surface area contributed by atoms with Crippen molar-refractivity contribution in [1.82, 2.24) is 0 Å². The highest BCUT2D eigenvalue weighted by Crippen LogP contribution is 2.35. The maximum Gasteiger partial charge on any atom is 0.341 e. The van der Waals surface area contributed by atoms with Crippen LogP contribution in [0.5, 0.6) is 0 Å². The number of nitrogen functional groups attached to an aromatic ring is 2. The fourth-order valence-electron chi connectivity index (χ4n) is 3.46. The molecule has 0 saturated heterocycles. The average Bonchev–Trinajstić information content (AvgIpc) is 3.50. The molecule has 0 bridgehead atoms. The summed E-state index contributed by atoms with van der Waals surface area (Å²) >= 11 is 4.03. The Morgan fingerprint density at radius 1 is 0.771 bits per heavy atom. The number of ether oxygens (including phenoxy) is 2. The summed E-state index contributed by atoms with van der Waals surface area (Å²) in [5, 5.41) is 2.50. The van der Waals surface area contributed by atoms with E-state index in [-0.39, 0.29) is 19.2 Å². The van der Waals surface area contributed by atoms with Gasteiger partial charge in [-0.05, 0) is 44.4 Å². The predicted octanol–water partition coefficient (Wildman–Crippen LogP) is 6.01. The van der Waals surface area contributed by atoms with Crippen molar-refractivity contribution in [3.63, 3.8) is 0 Å². The lowest BCUT2D eigenvalue weighted by atomic mass is 10.1.